The Bertz CT molecular complexity index is 1280. The summed E-state index contributed by atoms with van der Waals surface area (Å²) in [5.74, 6) is -0.445. The molecule has 0 spiro atoms. The second-order valence-electron chi connectivity index (χ2n) is 6.91. The smallest absolute Gasteiger partial charge is 0.355 e. The molecule has 0 radical (unpaired) electrons. The highest BCUT2D eigenvalue weighted by molar-refractivity contribution is 6.38. The Morgan fingerprint density at radius 1 is 1.10 bits per heavy atom. The number of anilines is 3. The van der Waals surface area contributed by atoms with Crippen LogP contribution in [-0.2, 0) is 6.18 Å². The zero-order chi connectivity index (χ0) is 22.2. The fourth-order valence-corrected chi connectivity index (χ4v) is 3.38. The number of aromatic nitrogens is 2. The van der Waals surface area contributed by atoms with Crippen LogP contribution in [-0.4, -0.2) is 15.9 Å². The summed E-state index contributed by atoms with van der Waals surface area (Å²) in [4.78, 5) is 19.9. The lowest BCUT2D eigenvalue weighted by Gasteiger charge is -2.14. The number of H-pyrrole nitrogens is 1. The van der Waals surface area contributed by atoms with Crippen molar-refractivity contribution in [1.82, 2.24) is 9.97 Å². The molecule has 0 aliphatic rings. The van der Waals surface area contributed by atoms with Gasteiger partial charge in [-0.3, -0.25) is 4.79 Å². The minimum atomic E-state index is -4.43. The van der Waals surface area contributed by atoms with Gasteiger partial charge in [0.1, 0.15) is 5.65 Å². The minimum Gasteiger partial charge on any atom is -0.355 e. The summed E-state index contributed by atoms with van der Waals surface area (Å²) in [5, 5.41) is 6.64. The molecule has 0 bridgehead atoms. The van der Waals surface area contributed by atoms with Crippen LogP contribution in [0.5, 0.6) is 0 Å². The fraction of sp³-hybridized carbons (Fsp3) is 0.0909. The Kier molecular flexibility index (Phi) is 5.32. The highest BCUT2D eigenvalue weighted by Gasteiger charge is 2.30. The van der Waals surface area contributed by atoms with E-state index in [1.165, 1.54) is 18.3 Å². The van der Waals surface area contributed by atoms with Gasteiger partial charge in [0.15, 0.2) is 0 Å². The van der Waals surface area contributed by atoms with Crippen LogP contribution in [0.2, 0.25) is 5.02 Å². The van der Waals surface area contributed by atoms with Crippen molar-refractivity contribution in [1.29, 1.82) is 0 Å². The SMILES string of the molecule is Cc1ccc(Nc2cccc(C(F)(F)F)c2)cc1NC(=O)c1cnc2[nH]ccc2c1Cl. The molecule has 0 aliphatic heterocycles. The quantitative estimate of drug-likeness (QED) is 0.334. The number of aromatic amines is 1. The van der Waals surface area contributed by atoms with Gasteiger partial charge in [0.2, 0.25) is 0 Å². The van der Waals surface area contributed by atoms with Gasteiger partial charge in [-0.25, -0.2) is 4.98 Å². The van der Waals surface area contributed by atoms with Gasteiger partial charge in [0.05, 0.1) is 16.1 Å². The number of amides is 1. The van der Waals surface area contributed by atoms with Gasteiger partial charge in [0, 0.05) is 34.8 Å². The van der Waals surface area contributed by atoms with E-state index in [4.69, 9.17) is 11.6 Å². The predicted molar refractivity (Wildman–Crippen MR) is 115 cm³/mol. The third-order valence-electron chi connectivity index (χ3n) is 4.73. The molecule has 0 saturated carbocycles. The zero-order valence-electron chi connectivity index (χ0n) is 16.1. The minimum absolute atomic E-state index is 0.212. The van der Waals surface area contributed by atoms with E-state index in [1.807, 2.05) is 0 Å². The van der Waals surface area contributed by atoms with E-state index in [2.05, 4.69) is 20.6 Å². The summed E-state index contributed by atoms with van der Waals surface area (Å²) in [6.07, 6.45) is -1.37. The molecule has 2 aromatic heterocycles. The van der Waals surface area contributed by atoms with E-state index in [0.717, 1.165) is 17.7 Å². The second kappa shape index (κ2) is 7.96. The summed E-state index contributed by atoms with van der Waals surface area (Å²) >= 11 is 6.35. The van der Waals surface area contributed by atoms with Crippen molar-refractivity contribution >= 4 is 45.6 Å². The Balaban J connectivity index is 1.58. The molecule has 0 aliphatic carbocycles. The van der Waals surface area contributed by atoms with E-state index in [0.29, 0.717) is 22.4 Å². The van der Waals surface area contributed by atoms with E-state index < -0.39 is 17.6 Å². The largest absolute Gasteiger partial charge is 0.416 e. The topological polar surface area (TPSA) is 69.8 Å². The lowest BCUT2D eigenvalue weighted by Crippen LogP contribution is -2.14. The van der Waals surface area contributed by atoms with Crippen LogP contribution >= 0.6 is 11.6 Å². The molecular formula is C22H16ClF3N4O. The molecule has 5 nitrogen and oxygen atoms in total. The molecule has 0 fully saturated rings. The van der Waals surface area contributed by atoms with Gasteiger partial charge in [-0.15, -0.1) is 0 Å². The van der Waals surface area contributed by atoms with Crippen LogP contribution in [0.25, 0.3) is 11.0 Å². The van der Waals surface area contributed by atoms with Crippen molar-refractivity contribution in [2.24, 2.45) is 0 Å². The molecule has 1 amide bonds. The lowest BCUT2D eigenvalue weighted by molar-refractivity contribution is -0.137. The van der Waals surface area contributed by atoms with Gasteiger partial charge < -0.3 is 15.6 Å². The van der Waals surface area contributed by atoms with Crippen molar-refractivity contribution in [2.45, 2.75) is 13.1 Å². The zero-order valence-corrected chi connectivity index (χ0v) is 16.9. The van der Waals surface area contributed by atoms with Gasteiger partial charge in [0.25, 0.3) is 5.91 Å². The van der Waals surface area contributed by atoms with Crippen molar-refractivity contribution in [3.8, 4) is 0 Å². The van der Waals surface area contributed by atoms with E-state index in [1.54, 1.807) is 37.4 Å². The Morgan fingerprint density at radius 2 is 1.87 bits per heavy atom. The number of benzene rings is 2. The molecule has 158 valence electrons. The first-order valence-electron chi connectivity index (χ1n) is 9.20. The molecular weight excluding hydrogens is 429 g/mol. The van der Waals surface area contributed by atoms with Crippen molar-refractivity contribution in [3.05, 3.63) is 82.6 Å². The summed E-state index contributed by atoms with van der Waals surface area (Å²) in [6, 6.07) is 11.7. The van der Waals surface area contributed by atoms with Crippen molar-refractivity contribution in [2.75, 3.05) is 10.6 Å². The first kappa shape index (κ1) is 20.7. The highest BCUT2D eigenvalue weighted by atomic mass is 35.5. The summed E-state index contributed by atoms with van der Waals surface area (Å²) < 4.78 is 38.8. The van der Waals surface area contributed by atoms with Gasteiger partial charge >= 0.3 is 6.18 Å². The van der Waals surface area contributed by atoms with Gasteiger partial charge in [-0.1, -0.05) is 23.7 Å². The van der Waals surface area contributed by atoms with Crippen molar-refractivity contribution < 1.29 is 18.0 Å². The molecule has 31 heavy (non-hydrogen) atoms. The number of aryl methyl sites for hydroxylation is 1. The third kappa shape index (κ3) is 4.34. The fourth-order valence-electron chi connectivity index (χ4n) is 3.10. The molecule has 0 unspecified atom stereocenters. The van der Waals surface area contributed by atoms with E-state index in [-0.39, 0.29) is 16.3 Å². The average Bonchev–Trinajstić information content (AvgIpc) is 3.20. The molecule has 4 rings (SSSR count). The molecule has 3 N–H and O–H groups in total. The molecule has 2 aromatic carbocycles. The molecule has 2 heterocycles. The number of fused-ring (bicyclic) bond motifs is 1. The number of nitrogens with one attached hydrogen (secondary N) is 3. The average molecular weight is 445 g/mol. The predicted octanol–water partition coefficient (Wildman–Crippen LogP) is 6.54. The van der Waals surface area contributed by atoms with Crippen LogP contribution in [0.1, 0.15) is 21.5 Å². The van der Waals surface area contributed by atoms with Crippen LogP contribution in [0.3, 0.4) is 0 Å². The molecule has 9 heteroatoms. The van der Waals surface area contributed by atoms with E-state index >= 15 is 0 Å². The molecule has 0 atom stereocenters. The number of rotatable bonds is 4. The van der Waals surface area contributed by atoms with Crippen molar-refractivity contribution in [3.63, 3.8) is 0 Å². The van der Waals surface area contributed by atoms with Crippen LogP contribution in [0.4, 0.5) is 30.2 Å². The monoisotopic (exact) mass is 444 g/mol. The first-order valence-corrected chi connectivity index (χ1v) is 9.58. The highest BCUT2D eigenvalue weighted by Crippen LogP contribution is 2.32. The maximum atomic E-state index is 12.9. The Hall–Kier alpha value is -3.52. The summed E-state index contributed by atoms with van der Waals surface area (Å²) in [7, 11) is 0. The van der Waals surface area contributed by atoms with Crippen LogP contribution in [0.15, 0.2) is 60.9 Å². The number of pyridine rings is 1. The first-order chi connectivity index (χ1) is 14.7. The number of nitrogens with zero attached hydrogens (tertiary/aromatic N) is 1. The van der Waals surface area contributed by atoms with Crippen LogP contribution < -0.4 is 10.6 Å². The van der Waals surface area contributed by atoms with E-state index in [9.17, 15) is 18.0 Å². The Labute approximate surface area is 180 Å². The second-order valence-corrected chi connectivity index (χ2v) is 7.29. The number of carbonyl (C=O) groups excluding carboxylic acids is 1. The lowest BCUT2D eigenvalue weighted by atomic mass is 10.1. The molecule has 4 aromatic rings. The standard InChI is InChI=1S/C22H16ClF3N4O/c1-12-5-6-15(29-14-4-2-3-13(9-14)22(24,25)26)10-18(12)30-21(31)17-11-28-20-16(19(17)23)7-8-27-20/h2-11,29H,1H3,(H,27,28)(H,30,31). The number of hydrogen-bond donors (Lipinski definition) is 3. The number of alkyl halides is 3. The third-order valence-corrected chi connectivity index (χ3v) is 5.14. The van der Waals surface area contributed by atoms with Gasteiger partial charge in [-0.05, 0) is 48.9 Å². The summed E-state index contributed by atoms with van der Waals surface area (Å²) in [5.41, 5.74) is 2.10. The number of hydrogen-bond acceptors (Lipinski definition) is 3. The normalized spacial score (nSPS) is 11.5. The van der Waals surface area contributed by atoms with Gasteiger partial charge in [-0.2, -0.15) is 13.2 Å². The summed E-state index contributed by atoms with van der Waals surface area (Å²) in [6.45, 7) is 1.80. The maximum absolute atomic E-state index is 12.9. The number of carbonyl (C=O) groups is 1. The Morgan fingerprint density at radius 3 is 2.65 bits per heavy atom. The molecule has 0 saturated heterocycles. The number of halogens is 4. The van der Waals surface area contributed by atoms with Crippen LogP contribution in [0, 0.1) is 6.92 Å². The maximum Gasteiger partial charge on any atom is 0.416 e.